The van der Waals surface area contributed by atoms with E-state index >= 15 is 0 Å². The van der Waals surface area contributed by atoms with Crippen LogP contribution in [0.3, 0.4) is 0 Å². The van der Waals surface area contributed by atoms with Crippen molar-refractivity contribution in [3.05, 3.63) is 242 Å². The molecule has 262 valence electrons. The standard InChI is InChI=1S/C50H42N2P2/c1-7-25-43(26-8-1)53(44-27-9-2-10-28-44,45-29-11-3-12-30-45)51-49-37-21-19-23-41(49)39-40-42-24-20-22-38-50(42)52-54(46-31-13-4-14-32-46,47-33-15-5-16-34-47)48-35-17-6-18-36-48/h1-38H,39-40H2. The number of hydrogen-bond acceptors (Lipinski definition) is 2. The molecular formula is C50H42N2P2. The van der Waals surface area contributed by atoms with E-state index in [2.05, 4.69) is 231 Å². The average molecular weight is 733 g/mol. The molecule has 8 aromatic carbocycles. The highest BCUT2D eigenvalue weighted by atomic mass is 31.2. The summed E-state index contributed by atoms with van der Waals surface area (Å²) in [5.41, 5.74) is 4.54. The maximum atomic E-state index is 5.91. The van der Waals surface area contributed by atoms with Gasteiger partial charge in [0.15, 0.2) is 0 Å². The second-order valence-corrected chi connectivity index (χ2v) is 19.3. The molecular weight excluding hydrogens is 691 g/mol. The van der Waals surface area contributed by atoms with Gasteiger partial charge in [-0.15, -0.1) is 0 Å². The lowest BCUT2D eigenvalue weighted by Gasteiger charge is -2.28. The number of benzene rings is 8. The summed E-state index contributed by atoms with van der Waals surface area (Å²) >= 11 is 0. The summed E-state index contributed by atoms with van der Waals surface area (Å²) in [4.78, 5) is 0. The van der Waals surface area contributed by atoms with Gasteiger partial charge in [-0.3, -0.25) is 9.49 Å². The van der Waals surface area contributed by atoms with Crippen LogP contribution in [-0.2, 0) is 12.8 Å². The highest BCUT2D eigenvalue weighted by Crippen LogP contribution is 2.51. The molecule has 0 fully saturated rings. The predicted octanol–water partition coefficient (Wildman–Crippen LogP) is 11.1. The molecule has 0 unspecified atom stereocenters. The van der Waals surface area contributed by atoms with E-state index in [4.69, 9.17) is 9.49 Å². The molecule has 0 atom stereocenters. The van der Waals surface area contributed by atoms with Crippen molar-refractivity contribution in [2.24, 2.45) is 9.49 Å². The van der Waals surface area contributed by atoms with Crippen molar-refractivity contribution in [2.75, 3.05) is 0 Å². The zero-order chi connectivity index (χ0) is 36.5. The van der Waals surface area contributed by atoms with Crippen LogP contribution in [0.2, 0.25) is 0 Å². The summed E-state index contributed by atoms with van der Waals surface area (Å²) in [5, 5.41) is 7.44. The van der Waals surface area contributed by atoms with Gasteiger partial charge in [-0.2, -0.15) is 0 Å². The Bertz CT molecular complexity index is 2150. The zero-order valence-corrected chi connectivity index (χ0v) is 31.9. The van der Waals surface area contributed by atoms with Gasteiger partial charge in [0.25, 0.3) is 0 Å². The fourth-order valence-corrected chi connectivity index (χ4v) is 14.5. The average Bonchev–Trinajstić information content (AvgIpc) is 3.26. The van der Waals surface area contributed by atoms with Gasteiger partial charge in [0.1, 0.15) is 0 Å². The molecule has 8 rings (SSSR count). The van der Waals surface area contributed by atoms with Crippen molar-refractivity contribution in [1.82, 2.24) is 0 Å². The normalized spacial score (nSPS) is 11.5. The van der Waals surface area contributed by atoms with E-state index in [1.807, 2.05) is 0 Å². The quantitative estimate of drug-likeness (QED) is 0.118. The van der Waals surface area contributed by atoms with Gasteiger partial charge in [0.2, 0.25) is 0 Å². The largest absolute Gasteiger partial charge is 0.254 e. The van der Waals surface area contributed by atoms with Gasteiger partial charge >= 0.3 is 0 Å². The molecule has 0 N–H and O–H groups in total. The molecule has 0 radical (unpaired) electrons. The third kappa shape index (κ3) is 7.12. The summed E-state index contributed by atoms with van der Waals surface area (Å²) in [6.45, 7) is 0. The first-order valence-electron chi connectivity index (χ1n) is 18.5. The van der Waals surface area contributed by atoms with Crippen LogP contribution in [0, 0.1) is 0 Å². The Balaban J connectivity index is 1.27. The van der Waals surface area contributed by atoms with Gasteiger partial charge < -0.3 is 0 Å². The van der Waals surface area contributed by atoms with Gasteiger partial charge in [-0.25, -0.2) is 0 Å². The maximum absolute atomic E-state index is 5.91. The van der Waals surface area contributed by atoms with Crippen LogP contribution < -0.4 is 31.8 Å². The fourth-order valence-electron chi connectivity index (χ4n) is 7.34. The van der Waals surface area contributed by atoms with Crippen LogP contribution in [0.4, 0.5) is 11.4 Å². The highest BCUT2D eigenvalue weighted by molar-refractivity contribution is 7.88. The van der Waals surface area contributed by atoms with Crippen molar-refractivity contribution < 1.29 is 0 Å². The monoisotopic (exact) mass is 732 g/mol. The molecule has 0 aliphatic carbocycles. The minimum atomic E-state index is -2.43. The molecule has 0 aliphatic rings. The molecule has 2 nitrogen and oxygen atoms in total. The summed E-state index contributed by atoms with van der Waals surface area (Å²) in [6, 6.07) is 82.7. The number of rotatable bonds is 11. The van der Waals surface area contributed by atoms with Crippen molar-refractivity contribution in [3.8, 4) is 0 Å². The summed E-state index contributed by atoms with van der Waals surface area (Å²) < 4.78 is 11.8. The molecule has 0 aromatic heterocycles. The molecule has 4 heteroatoms. The summed E-state index contributed by atoms with van der Waals surface area (Å²) in [7, 11) is -4.85. The lowest BCUT2D eigenvalue weighted by Crippen LogP contribution is -2.25. The van der Waals surface area contributed by atoms with Gasteiger partial charge in [0.05, 0.1) is 25.5 Å². The molecule has 0 saturated heterocycles. The summed E-state index contributed by atoms with van der Waals surface area (Å²) in [5.74, 6) is 0. The zero-order valence-electron chi connectivity index (χ0n) is 30.1. The first kappa shape index (κ1) is 35.3. The maximum Gasteiger partial charge on any atom is 0.0657 e. The Morgan fingerprint density at radius 1 is 0.241 bits per heavy atom. The van der Waals surface area contributed by atoms with Crippen LogP contribution in [-0.4, -0.2) is 0 Å². The van der Waals surface area contributed by atoms with Gasteiger partial charge in [0, 0.05) is 31.8 Å². The SMILES string of the molecule is c1ccc(P(=Nc2ccccc2CCc2ccccc2N=P(c2ccccc2)(c2ccccc2)c2ccccc2)(c2ccccc2)c2ccccc2)cc1. The van der Waals surface area contributed by atoms with Crippen LogP contribution in [0.25, 0.3) is 0 Å². The Hall–Kier alpha value is -5.78. The predicted molar refractivity (Wildman–Crippen MR) is 235 cm³/mol. The molecule has 0 aliphatic heterocycles. The minimum Gasteiger partial charge on any atom is -0.254 e. The van der Waals surface area contributed by atoms with E-state index < -0.39 is 14.1 Å². The van der Waals surface area contributed by atoms with E-state index in [0.29, 0.717) is 0 Å². The third-order valence-corrected chi connectivity index (χ3v) is 17.2. The number of aryl methyl sites for hydroxylation is 2. The fraction of sp³-hybridized carbons (Fsp3) is 0.0400. The van der Waals surface area contributed by atoms with Gasteiger partial charge in [-0.1, -0.05) is 218 Å². The second kappa shape index (κ2) is 16.5. The lowest BCUT2D eigenvalue weighted by atomic mass is 10.0. The second-order valence-electron chi connectivity index (χ2n) is 13.2. The molecule has 54 heavy (non-hydrogen) atoms. The Labute approximate surface area is 320 Å². The number of nitrogens with zero attached hydrogens (tertiary/aromatic N) is 2. The van der Waals surface area contributed by atoms with Crippen LogP contribution >= 0.6 is 14.1 Å². The lowest BCUT2D eigenvalue weighted by molar-refractivity contribution is 0.960. The number of hydrogen-bond donors (Lipinski definition) is 0. The third-order valence-electron chi connectivity index (χ3n) is 9.94. The minimum absolute atomic E-state index is 0.831. The first-order chi connectivity index (χ1) is 26.8. The van der Waals surface area contributed by atoms with E-state index in [-0.39, 0.29) is 0 Å². The van der Waals surface area contributed by atoms with Crippen LogP contribution in [0.1, 0.15) is 11.1 Å². The first-order valence-corrected chi connectivity index (χ1v) is 22.0. The van der Waals surface area contributed by atoms with E-state index in [1.54, 1.807) is 0 Å². The van der Waals surface area contributed by atoms with E-state index in [0.717, 1.165) is 24.2 Å². The van der Waals surface area contributed by atoms with Crippen molar-refractivity contribution in [3.63, 3.8) is 0 Å². The van der Waals surface area contributed by atoms with Crippen molar-refractivity contribution in [2.45, 2.75) is 12.8 Å². The molecule has 8 aromatic rings. The van der Waals surface area contributed by atoms with Crippen LogP contribution in [0.5, 0.6) is 0 Å². The van der Waals surface area contributed by atoms with E-state index in [9.17, 15) is 0 Å². The molecule has 0 saturated carbocycles. The topological polar surface area (TPSA) is 24.7 Å². The van der Waals surface area contributed by atoms with Crippen molar-refractivity contribution in [1.29, 1.82) is 0 Å². The van der Waals surface area contributed by atoms with Crippen molar-refractivity contribution >= 4 is 57.3 Å². The molecule has 0 heterocycles. The molecule has 0 amide bonds. The smallest absolute Gasteiger partial charge is 0.0657 e. The summed E-state index contributed by atoms with van der Waals surface area (Å²) in [6.07, 6.45) is 1.66. The van der Waals surface area contributed by atoms with E-state index in [1.165, 1.54) is 43.0 Å². The highest BCUT2D eigenvalue weighted by Gasteiger charge is 2.29. The Kier molecular flexibility index (Phi) is 10.8. The molecule has 0 bridgehead atoms. The Morgan fingerprint density at radius 2 is 0.444 bits per heavy atom. The Morgan fingerprint density at radius 3 is 0.685 bits per heavy atom. The van der Waals surface area contributed by atoms with Crippen LogP contribution in [0.15, 0.2) is 240 Å². The van der Waals surface area contributed by atoms with Gasteiger partial charge in [-0.05, 0) is 36.1 Å². The molecule has 0 spiro atoms.